The maximum Gasteiger partial charge on any atom is 0.120 e. The van der Waals surface area contributed by atoms with Crippen LogP contribution in [0.15, 0.2) is 67.3 Å². The number of rotatable bonds is 4. The smallest absolute Gasteiger partial charge is 0.120 e. The highest BCUT2D eigenvalue weighted by Gasteiger charge is 1.97. The highest BCUT2D eigenvalue weighted by atomic mass is 16.5. The summed E-state index contributed by atoms with van der Waals surface area (Å²) in [4.78, 5) is 0. The molecule has 0 atom stereocenters. The molecule has 0 fully saturated rings. The maximum absolute atomic E-state index is 5.60. The van der Waals surface area contributed by atoms with E-state index in [1.165, 1.54) is 10.8 Å². The minimum Gasteiger partial charge on any atom is -0.489 e. The molecule has 2 aromatic rings. The molecule has 0 amide bonds. The highest BCUT2D eigenvalue weighted by Crippen LogP contribution is 2.20. The third-order valence-corrected chi connectivity index (χ3v) is 2.43. The predicted molar refractivity (Wildman–Crippen MR) is 68.8 cm³/mol. The van der Waals surface area contributed by atoms with E-state index in [0.29, 0.717) is 6.61 Å². The van der Waals surface area contributed by atoms with Gasteiger partial charge in [0.1, 0.15) is 12.4 Å². The molecule has 80 valence electrons. The zero-order valence-corrected chi connectivity index (χ0v) is 9.15. The van der Waals surface area contributed by atoms with E-state index in [1.54, 1.807) is 6.08 Å². The number of ether oxygens (including phenoxy) is 1. The lowest BCUT2D eigenvalue weighted by atomic mass is 10.1. The molecule has 0 aliphatic carbocycles. The van der Waals surface area contributed by atoms with E-state index < -0.39 is 0 Å². The topological polar surface area (TPSA) is 9.23 Å². The third kappa shape index (κ3) is 2.31. The van der Waals surface area contributed by atoms with Gasteiger partial charge in [0, 0.05) is 0 Å². The van der Waals surface area contributed by atoms with E-state index >= 15 is 0 Å². The van der Waals surface area contributed by atoms with E-state index in [-0.39, 0.29) is 0 Å². The van der Waals surface area contributed by atoms with Gasteiger partial charge < -0.3 is 4.74 Å². The fraction of sp³-hybridized carbons (Fsp3) is 0.0667. The first kappa shape index (κ1) is 10.5. The Bertz CT molecular complexity index is 526. The average molecular weight is 210 g/mol. The van der Waals surface area contributed by atoms with Gasteiger partial charge in [0.25, 0.3) is 0 Å². The van der Waals surface area contributed by atoms with Crippen molar-refractivity contribution in [1.29, 1.82) is 0 Å². The Morgan fingerprint density at radius 3 is 2.62 bits per heavy atom. The zero-order valence-electron chi connectivity index (χ0n) is 9.15. The van der Waals surface area contributed by atoms with Crippen LogP contribution in [-0.4, -0.2) is 6.61 Å². The summed E-state index contributed by atoms with van der Waals surface area (Å²) in [5, 5.41) is 2.40. The lowest BCUT2D eigenvalue weighted by Crippen LogP contribution is -1.97. The van der Waals surface area contributed by atoms with Crippen molar-refractivity contribution >= 4 is 10.8 Å². The minimum absolute atomic E-state index is 0.488. The highest BCUT2D eigenvalue weighted by molar-refractivity contribution is 5.83. The Hall–Kier alpha value is -2.02. The second-order valence-electron chi connectivity index (χ2n) is 3.66. The predicted octanol–water partition coefficient (Wildman–Crippen LogP) is 3.96. The van der Waals surface area contributed by atoms with Gasteiger partial charge in [-0.2, -0.15) is 0 Å². The summed E-state index contributed by atoms with van der Waals surface area (Å²) in [5.74, 6) is 0.863. The van der Waals surface area contributed by atoms with E-state index in [1.807, 2.05) is 24.3 Å². The lowest BCUT2D eigenvalue weighted by molar-refractivity contribution is 0.356. The number of hydrogen-bond acceptors (Lipinski definition) is 1. The Morgan fingerprint density at radius 2 is 1.88 bits per heavy atom. The summed E-state index contributed by atoms with van der Waals surface area (Å²) >= 11 is 0. The molecule has 2 aromatic carbocycles. The minimum atomic E-state index is 0.488. The summed E-state index contributed by atoms with van der Waals surface area (Å²) in [6.07, 6.45) is 1.71. The molecule has 1 heteroatoms. The normalized spacial score (nSPS) is 10.0. The molecule has 0 unspecified atom stereocenters. The third-order valence-electron chi connectivity index (χ3n) is 2.43. The van der Waals surface area contributed by atoms with Gasteiger partial charge in [-0.15, -0.1) is 0 Å². The molecular formula is C15H14O. The van der Waals surface area contributed by atoms with Gasteiger partial charge in [-0.3, -0.25) is 0 Å². The summed E-state index contributed by atoms with van der Waals surface area (Å²) in [6, 6.07) is 14.3. The van der Waals surface area contributed by atoms with Crippen LogP contribution in [-0.2, 0) is 0 Å². The Kier molecular flexibility index (Phi) is 3.06. The van der Waals surface area contributed by atoms with Crippen LogP contribution in [0.2, 0.25) is 0 Å². The number of fused-ring (bicyclic) bond motifs is 1. The van der Waals surface area contributed by atoms with Crippen molar-refractivity contribution in [1.82, 2.24) is 0 Å². The monoisotopic (exact) mass is 210 g/mol. The maximum atomic E-state index is 5.60. The molecule has 0 aromatic heterocycles. The fourth-order valence-electron chi connectivity index (χ4n) is 1.49. The van der Waals surface area contributed by atoms with E-state index in [2.05, 4.69) is 31.4 Å². The lowest BCUT2D eigenvalue weighted by Gasteiger charge is -2.06. The molecule has 0 saturated heterocycles. The average Bonchev–Trinajstić information content (AvgIpc) is 2.35. The first-order valence-corrected chi connectivity index (χ1v) is 5.21. The molecule has 0 aliphatic heterocycles. The van der Waals surface area contributed by atoms with Gasteiger partial charge in [-0.1, -0.05) is 49.6 Å². The van der Waals surface area contributed by atoms with Gasteiger partial charge >= 0.3 is 0 Å². The second kappa shape index (κ2) is 4.67. The van der Waals surface area contributed by atoms with Crippen LogP contribution < -0.4 is 4.74 Å². The van der Waals surface area contributed by atoms with E-state index in [0.717, 1.165) is 11.3 Å². The van der Waals surface area contributed by atoms with Gasteiger partial charge in [-0.25, -0.2) is 0 Å². The SMILES string of the molecule is C=CC(=C)COc1ccc2ccccc2c1. The molecule has 0 bridgehead atoms. The van der Waals surface area contributed by atoms with Crippen molar-refractivity contribution < 1.29 is 4.74 Å². The van der Waals surface area contributed by atoms with Crippen LogP contribution in [0.3, 0.4) is 0 Å². The summed E-state index contributed by atoms with van der Waals surface area (Å²) in [6.45, 7) is 7.94. The largest absolute Gasteiger partial charge is 0.489 e. The molecule has 2 rings (SSSR count). The number of benzene rings is 2. The van der Waals surface area contributed by atoms with E-state index in [4.69, 9.17) is 4.74 Å². The second-order valence-corrected chi connectivity index (χ2v) is 3.66. The van der Waals surface area contributed by atoms with Crippen molar-refractivity contribution in [3.05, 3.63) is 67.3 Å². The fourth-order valence-corrected chi connectivity index (χ4v) is 1.49. The van der Waals surface area contributed by atoms with Gasteiger partial charge in [0.15, 0.2) is 0 Å². The quantitative estimate of drug-likeness (QED) is 0.694. The van der Waals surface area contributed by atoms with Crippen molar-refractivity contribution in [2.45, 2.75) is 0 Å². The molecule has 0 saturated carbocycles. The summed E-state index contributed by atoms with van der Waals surface area (Å²) in [7, 11) is 0. The zero-order chi connectivity index (χ0) is 11.4. The van der Waals surface area contributed by atoms with Gasteiger partial charge in [0.2, 0.25) is 0 Å². The van der Waals surface area contributed by atoms with Crippen molar-refractivity contribution in [2.24, 2.45) is 0 Å². The molecule has 1 nitrogen and oxygen atoms in total. The van der Waals surface area contributed by atoms with Crippen LogP contribution >= 0.6 is 0 Å². The molecule has 16 heavy (non-hydrogen) atoms. The van der Waals surface area contributed by atoms with Gasteiger partial charge in [-0.05, 0) is 28.5 Å². The van der Waals surface area contributed by atoms with Crippen LogP contribution in [0.25, 0.3) is 10.8 Å². The summed E-state index contributed by atoms with van der Waals surface area (Å²) < 4.78 is 5.60. The molecular weight excluding hydrogens is 196 g/mol. The van der Waals surface area contributed by atoms with Crippen molar-refractivity contribution in [2.75, 3.05) is 6.61 Å². The van der Waals surface area contributed by atoms with Crippen molar-refractivity contribution in [3.8, 4) is 5.75 Å². The standard InChI is InChI=1S/C15H14O/c1-3-12(2)11-16-15-9-8-13-6-4-5-7-14(13)10-15/h3-10H,1-2,11H2. The molecule has 0 N–H and O–H groups in total. The van der Waals surface area contributed by atoms with E-state index in [9.17, 15) is 0 Å². The van der Waals surface area contributed by atoms with Crippen LogP contribution in [0, 0.1) is 0 Å². The van der Waals surface area contributed by atoms with Crippen LogP contribution in [0.4, 0.5) is 0 Å². The Labute approximate surface area is 95.7 Å². The molecule has 0 spiro atoms. The van der Waals surface area contributed by atoms with Gasteiger partial charge in [0.05, 0.1) is 0 Å². The molecule has 0 aliphatic rings. The van der Waals surface area contributed by atoms with Crippen LogP contribution in [0.5, 0.6) is 5.75 Å². The molecule has 0 radical (unpaired) electrons. The Morgan fingerprint density at radius 1 is 1.12 bits per heavy atom. The van der Waals surface area contributed by atoms with Crippen molar-refractivity contribution in [3.63, 3.8) is 0 Å². The Balaban J connectivity index is 2.19. The summed E-state index contributed by atoms with van der Waals surface area (Å²) in [5.41, 5.74) is 0.883. The molecule has 0 heterocycles. The first-order valence-electron chi connectivity index (χ1n) is 5.21. The van der Waals surface area contributed by atoms with Crippen LogP contribution in [0.1, 0.15) is 0 Å². The first-order chi connectivity index (χ1) is 7.79. The number of hydrogen-bond donors (Lipinski definition) is 0.